The van der Waals surface area contributed by atoms with E-state index in [4.69, 9.17) is 0 Å². The Balaban J connectivity index is 1.05. The molecule has 0 N–H and O–H groups in total. The van der Waals surface area contributed by atoms with Crippen LogP contribution in [-0.2, 0) is 10.8 Å². The monoisotopic (exact) mass is 918 g/mol. The molecule has 0 aromatic heterocycles. The van der Waals surface area contributed by atoms with Gasteiger partial charge in [0.25, 0.3) is 0 Å². The predicted molar refractivity (Wildman–Crippen MR) is 301 cm³/mol. The summed E-state index contributed by atoms with van der Waals surface area (Å²) < 4.78 is 0. The summed E-state index contributed by atoms with van der Waals surface area (Å²) in [6.07, 6.45) is 0. The Morgan fingerprint density at radius 1 is 0.222 bits per heavy atom. The van der Waals surface area contributed by atoms with Crippen LogP contribution in [0, 0.1) is 0 Å². The quantitative estimate of drug-likeness (QED) is 0.150. The first-order valence-electron chi connectivity index (χ1n) is 25.2. The van der Waals surface area contributed by atoms with E-state index in [0.717, 1.165) is 34.1 Å². The fourth-order valence-corrected chi connectivity index (χ4v) is 12.6. The first-order valence-corrected chi connectivity index (χ1v) is 25.2. The number of benzene rings is 11. The van der Waals surface area contributed by atoms with Crippen molar-refractivity contribution >= 4 is 34.1 Å². The molecule has 340 valence electrons. The van der Waals surface area contributed by atoms with E-state index in [1.54, 1.807) is 0 Å². The maximum Gasteiger partial charge on any atom is 0.0727 e. The van der Waals surface area contributed by atoms with Gasteiger partial charge in [-0.15, -0.1) is 0 Å². The average Bonchev–Trinajstić information content (AvgIpc) is 3.99. The van der Waals surface area contributed by atoms with Gasteiger partial charge in [0.15, 0.2) is 0 Å². The molecule has 0 radical (unpaired) electrons. The van der Waals surface area contributed by atoms with Crippen LogP contribution in [0.5, 0.6) is 0 Å². The van der Waals surface area contributed by atoms with E-state index in [2.05, 4.69) is 291 Å². The van der Waals surface area contributed by atoms with Crippen LogP contribution in [0.25, 0.3) is 55.6 Å². The highest BCUT2D eigenvalue weighted by molar-refractivity contribution is 5.99. The van der Waals surface area contributed by atoms with E-state index in [-0.39, 0.29) is 5.41 Å². The molecule has 11 aromatic carbocycles. The molecule has 2 heteroatoms. The van der Waals surface area contributed by atoms with E-state index in [1.807, 2.05) is 0 Å². The fraction of sp³-hybridized carbons (Fsp3) is 0.0571. The number of fused-ring (bicyclic) bond motifs is 13. The summed E-state index contributed by atoms with van der Waals surface area (Å²) in [5.74, 6) is 0. The number of anilines is 6. The van der Waals surface area contributed by atoms with Gasteiger partial charge in [0.2, 0.25) is 0 Å². The summed E-state index contributed by atoms with van der Waals surface area (Å²) >= 11 is 0. The summed E-state index contributed by atoms with van der Waals surface area (Å²) in [5.41, 5.74) is 26.3. The van der Waals surface area contributed by atoms with Crippen molar-refractivity contribution in [3.8, 4) is 55.6 Å². The van der Waals surface area contributed by atoms with E-state index >= 15 is 0 Å². The lowest BCUT2D eigenvalue weighted by Crippen LogP contribution is -2.26. The Hall–Kier alpha value is -8.98. The van der Waals surface area contributed by atoms with Gasteiger partial charge in [-0.05, 0) is 174 Å². The number of hydrogen-bond donors (Lipinski definition) is 0. The van der Waals surface area contributed by atoms with Crippen LogP contribution in [0.4, 0.5) is 34.1 Å². The SMILES string of the molecule is CC1(C)c2ccccc2-c2ccc(N(c3ccccc3)c3ccc4c(c3)C3(c5ccc(-c6ccccc6)cc5-c5ccc(N(c6ccccc6)c6ccccc6)cc53)c3ccc(-c5ccccc5)cc3-4)cc21. The van der Waals surface area contributed by atoms with Crippen LogP contribution >= 0.6 is 0 Å². The van der Waals surface area contributed by atoms with Crippen molar-refractivity contribution in [2.24, 2.45) is 0 Å². The minimum atomic E-state index is -0.658. The lowest BCUT2D eigenvalue weighted by Gasteiger charge is -2.33. The van der Waals surface area contributed by atoms with Gasteiger partial charge in [-0.3, -0.25) is 0 Å². The van der Waals surface area contributed by atoms with E-state index in [9.17, 15) is 0 Å². The molecular formula is C70H50N2. The molecule has 14 rings (SSSR count). The predicted octanol–water partition coefficient (Wildman–Crippen LogP) is 18.6. The number of rotatable bonds is 8. The van der Waals surface area contributed by atoms with Crippen molar-refractivity contribution < 1.29 is 0 Å². The Morgan fingerprint density at radius 2 is 0.569 bits per heavy atom. The Bertz CT molecular complexity index is 3830. The molecule has 0 aliphatic heterocycles. The number of hydrogen-bond acceptors (Lipinski definition) is 2. The van der Waals surface area contributed by atoms with Crippen molar-refractivity contribution in [1.82, 2.24) is 0 Å². The molecule has 1 spiro atoms. The Labute approximate surface area is 422 Å². The molecule has 11 aromatic rings. The van der Waals surface area contributed by atoms with Gasteiger partial charge in [-0.1, -0.05) is 196 Å². The molecule has 0 heterocycles. The lowest BCUT2D eigenvalue weighted by atomic mass is 9.70. The van der Waals surface area contributed by atoms with Crippen molar-refractivity contribution in [3.63, 3.8) is 0 Å². The molecule has 72 heavy (non-hydrogen) atoms. The lowest BCUT2D eigenvalue weighted by molar-refractivity contribution is 0.660. The molecule has 0 amide bonds. The second kappa shape index (κ2) is 16.3. The molecular weight excluding hydrogens is 869 g/mol. The molecule has 0 fully saturated rings. The molecule has 0 bridgehead atoms. The normalized spacial score (nSPS) is 15.0. The highest BCUT2D eigenvalue weighted by Gasteiger charge is 2.52. The standard InChI is InChI=1S/C70H50N2/c1-69(2)63-31-19-18-30-57(63)58-37-34-54(44-66(58)69)72(53-28-16-7-17-29-53)56-36-39-60-62-43-50(48-22-10-4-11-23-48)33-41-65(62)70(68(60)46-56)64-40-32-49(47-20-8-3-9-21-47)42-61(64)59-38-35-55(45-67(59)70)71(51-24-12-5-13-25-51)52-26-14-6-15-27-52/h3-46H,1-2H3. The van der Waals surface area contributed by atoms with E-state index in [0.29, 0.717) is 0 Å². The van der Waals surface area contributed by atoms with Gasteiger partial charge in [0, 0.05) is 39.5 Å². The van der Waals surface area contributed by atoms with Crippen molar-refractivity contribution in [2.75, 3.05) is 9.80 Å². The first-order chi connectivity index (χ1) is 35.5. The van der Waals surface area contributed by atoms with E-state index < -0.39 is 5.41 Å². The summed E-state index contributed by atoms with van der Waals surface area (Å²) in [6.45, 7) is 4.75. The average molecular weight is 919 g/mol. The van der Waals surface area contributed by atoms with Gasteiger partial charge in [-0.25, -0.2) is 0 Å². The molecule has 0 saturated heterocycles. The first kappa shape index (κ1) is 41.9. The molecule has 1 atom stereocenters. The zero-order chi connectivity index (χ0) is 48.0. The Morgan fingerprint density at radius 3 is 1.01 bits per heavy atom. The number of para-hydroxylation sites is 3. The topological polar surface area (TPSA) is 6.48 Å². The Kier molecular flexibility index (Phi) is 9.50. The van der Waals surface area contributed by atoms with E-state index in [1.165, 1.54) is 89.0 Å². The zero-order valence-corrected chi connectivity index (χ0v) is 40.3. The molecule has 0 saturated carbocycles. The maximum atomic E-state index is 2.53. The number of nitrogens with zero attached hydrogens (tertiary/aromatic N) is 2. The van der Waals surface area contributed by atoms with Gasteiger partial charge in [-0.2, -0.15) is 0 Å². The minimum Gasteiger partial charge on any atom is -0.310 e. The molecule has 2 nitrogen and oxygen atoms in total. The van der Waals surface area contributed by atoms with Crippen molar-refractivity contribution in [3.05, 3.63) is 300 Å². The smallest absolute Gasteiger partial charge is 0.0727 e. The third-order valence-electron chi connectivity index (χ3n) is 15.8. The van der Waals surface area contributed by atoms with Crippen LogP contribution < -0.4 is 9.80 Å². The summed E-state index contributed by atoms with van der Waals surface area (Å²) in [7, 11) is 0. The van der Waals surface area contributed by atoms with Crippen LogP contribution in [0.1, 0.15) is 47.2 Å². The van der Waals surface area contributed by atoms with Crippen LogP contribution in [0.3, 0.4) is 0 Å². The minimum absolute atomic E-state index is 0.147. The third-order valence-corrected chi connectivity index (χ3v) is 15.8. The second-order valence-electron chi connectivity index (χ2n) is 20.0. The fourth-order valence-electron chi connectivity index (χ4n) is 12.6. The van der Waals surface area contributed by atoms with Gasteiger partial charge >= 0.3 is 0 Å². The van der Waals surface area contributed by atoms with Crippen LogP contribution in [-0.4, -0.2) is 0 Å². The maximum absolute atomic E-state index is 2.53. The summed E-state index contributed by atoms with van der Waals surface area (Å²) in [6, 6.07) is 99.2. The summed E-state index contributed by atoms with van der Waals surface area (Å²) in [5, 5.41) is 0. The third kappa shape index (κ3) is 6.28. The van der Waals surface area contributed by atoms with Crippen LogP contribution in [0.15, 0.2) is 267 Å². The van der Waals surface area contributed by atoms with Crippen molar-refractivity contribution in [2.45, 2.75) is 24.7 Å². The largest absolute Gasteiger partial charge is 0.310 e. The highest BCUT2D eigenvalue weighted by atomic mass is 15.1. The zero-order valence-electron chi connectivity index (χ0n) is 40.3. The molecule has 3 aliphatic carbocycles. The van der Waals surface area contributed by atoms with Crippen molar-refractivity contribution in [1.29, 1.82) is 0 Å². The molecule has 3 aliphatic rings. The van der Waals surface area contributed by atoms with Crippen LogP contribution in [0.2, 0.25) is 0 Å². The van der Waals surface area contributed by atoms with Gasteiger partial charge < -0.3 is 9.80 Å². The second-order valence-corrected chi connectivity index (χ2v) is 20.0. The summed E-state index contributed by atoms with van der Waals surface area (Å²) in [4.78, 5) is 4.88. The molecule has 1 unspecified atom stereocenters. The highest BCUT2D eigenvalue weighted by Crippen LogP contribution is 2.65. The van der Waals surface area contributed by atoms with Gasteiger partial charge in [0.1, 0.15) is 0 Å². The van der Waals surface area contributed by atoms with Gasteiger partial charge in [0.05, 0.1) is 5.41 Å².